The van der Waals surface area contributed by atoms with Crippen molar-refractivity contribution in [3.8, 4) is 0 Å². The van der Waals surface area contributed by atoms with E-state index in [0.717, 1.165) is 16.9 Å². The van der Waals surface area contributed by atoms with Gasteiger partial charge in [-0.1, -0.05) is 0 Å². The maximum absolute atomic E-state index is 11.4. The van der Waals surface area contributed by atoms with Crippen LogP contribution in [-0.2, 0) is 16.4 Å². The Morgan fingerprint density at radius 3 is 2.65 bits per heavy atom. The Morgan fingerprint density at radius 2 is 2.06 bits per heavy atom. The molecule has 0 aliphatic carbocycles. The second kappa shape index (κ2) is 4.62. The van der Waals surface area contributed by atoms with Crippen LogP contribution in [0.3, 0.4) is 0 Å². The van der Waals surface area contributed by atoms with Gasteiger partial charge in [0.2, 0.25) is 0 Å². The number of aliphatic hydroxyl groups is 1. The summed E-state index contributed by atoms with van der Waals surface area (Å²) in [4.78, 5) is 6.13. The molecule has 1 N–H and O–H groups in total. The topological polar surface area (TPSA) is 70.5 Å². The summed E-state index contributed by atoms with van der Waals surface area (Å²) in [6.45, 7) is 2.77. The molecule has 0 atom stereocenters. The van der Waals surface area contributed by atoms with Crippen molar-refractivity contribution in [3.63, 3.8) is 0 Å². The van der Waals surface area contributed by atoms with Crippen molar-refractivity contribution in [3.05, 3.63) is 23.5 Å². The molecule has 2 rings (SSSR count). The largest absolute Gasteiger partial charge is 0.392 e. The number of aromatic nitrogens is 1. The van der Waals surface area contributed by atoms with Gasteiger partial charge in [-0.3, -0.25) is 4.98 Å². The van der Waals surface area contributed by atoms with Crippen LogP contribution in [0.2, 0.25) is 0 Å². The lowest BCUT2D eigenvalue weighted by atomic mass is 10.2. The van der Waals surface area contributed by atoms with Gasteiger partial charge in [0.15, 0.2) is 9.84 Å². The first-order chi connectivity index (χ1) is 8.02. The summed E-state index contributed by atoms with van der Waals surface area (Å²) < 4.78 is 22.7. The third kappa shape index (κ3) is 2.76. The fourth-order valence-electron chi connectivity index (χ4n) is 1.94. The van der Waals surface area contributed by atoms with Gasteiger partial charge >= 0.3 is 0 Å². The molecule has 1 aliphatic heterocycles. The molecule has 94 valence electrons. The number of rotatable bonds is 2. The van der Waals surface area contributed by atoms with E-state index in [1.165, 1.54) is 0 Å². The lowest BCUT2D eigenvalue weighted by molar-refractivity contribution is 0.281. The fourth-order valence-corrected chi connectivity index (χ4v) is 3.14. The summed E-state index contributed by atoms with van der Waals surface area (Å²) in [6.07, 6.45) is 1.65. The second-order valence-corrected chi connectivity index (χ2v) is 6.56. The highest BCUT2D eigenvalue weighted by atomic mass is 32.2. The average molecular weight is 256 g/mol. The van der Waals surface area contributed by atoms with E-state index >= 15 is 0 Å². The normalized spacial score (nSPS) is 19.3. The van der Waals surface area contributed by atoms with Gasteiger partial charge in [0, 0.05) is 36.2 Å². The van der Waals surface area contributed by atoms with E-state index in [1.807, 2.05) is 17.9 Å². The summed E-state index contributed by atoms with van der Waals surface area (Å²) in [7, 11) is -2.87. The smallest absolute Gasteiger partial charge is 0.153 e. The average Bonchev–Trinajstić information content (AvgIpc) is 2.29. The van der Waals surface area contributed by atoms with Gasteiger partial charge in [-0.2, -0.15) is 0 Å². The van der Waals surface area contributed by atoms with Crippen LogP contribution in [0, 0.1) is 6.92 Å². The number of pyridine rings is 1. The van der Waals surface area contributed by atoms with Gasteiger partial charge < -0.3 is 10.0 Å². The van der Waals surface area contributed by atoms with E-state index in [0.29, 0.717) is 13.1 Å². The van der Waals surface area contributed by atoms with Crippen LogP contribution in [0.4, 0.5) is 5.69 Å². The lowest BCUT2D eigenvalue weighted by Crippen LogP contribution is -2.40. The summed E-state index contributed by atoms with van der Waals surface area (Å²) >= 11 is 0. The molecular weight excluding hydrogens is 240 g/mol. The van der Waals surface area contributed by atoms with Crippen molar-refractivity contribution in [2.45, 2.75) is 13.5 Å². The van der Waals surface area contributed by atoms with Crippen LogP contribution in [0.1, 0.15) is 11.3 Å². The highest BCUT2D eigenvalue weighted by molar-refractivity contribution is 7.91. The molecule has 0 aromatic carbocycles. The molecule has 0 amide bonds. The fraction of sp³-hybridized carbons (Fsp3) is 0.545. The Labute approximate surface area is 101 Å². The Kier molecular flexibility index (Phi) is 3.35. The van der Waals surface area contributed by atoms with Crippen molar-refractivity contribution in [1.82, 2.24) is 4.98 Å². The molecule has 1 saturated heterocycles. The molecule has 5 nitrogen and oxygen atoms in total. The first kappa shape index (κ1) is 12.3. The second-order valence-electron chi connectivity index (χ2n) is 4.25. The molecule has 0 unspecified atom stereocenters. The summed E-state index contributed by atoms with van der Waals surface area (Å²) in [5.74, 6) is 0.360. The molecule has 0 radical (unpaired) electrons. The zero-order valence-electron chi connectivity index (χ0n) is 9.76. The zero-order valence-corrected chi connectivity index (χ0v) is 10.6. The standard InChI is InChI=1S/C11H16N2O3S/c1-9-6-11(10(8-14)7-12-9)13-2-4-17(15,16)5-3-13/h6-7,14H,2-5,8H2,1H3. The number of hydrogen-bond acceptors (Lipinski definition) is 5. The monoisotopic (exact) mass is 256 g/mol. The van der Waals surface area contributed by atoms with E-state index in [4.69, 9.17) is 0 Å². The molecule has 1 fully saturated rings. The molecule has 1 aromatic heterocycles. The number of hydrogen-bond donors (Lipinski definition) is 1. The van der Waals surface area contributed by atoms with Crippen LogP contribution in [0.15, 0.2) is 12.3 Å². The number of aliphatic hydroxyl groups excluding tert-OH is 1. The predicted octanol–water partition coefficient (Wildman–Crippen LogP) is 0.117. The highest BCUT2D eigenvalue weighted by Gasteiger charge is 2.23. The number of anilines is 1. The maximum atomic E-state index is 11.4. The predicted molar refractivity (Wildman–Crippen MR) is 65.8 cm³/mol. The van der Waals surface area contributed by atoms with E-state index < -0.39 is 9.84 Å². The zero-order chi connectivity index (χ0) is 12.5. The van der Waals surface area contributed by atoms with Crippen molar-refractivity contribution >= 4 is 15.5 Å². The maximum Gasteiger partial charge on any atom is 0.153 e. The Hall–Kier alpha value is -1.14. The molecule has 1 aliphatic rings. The molecule has 0 spiro atoms. The molecular formula is C11H16N2O3S. The van der Waals surface area contributed by atoms with Gasteiger partial charge in [-0.25, -0.2) is 8.42 Å². The molecule has 17 heavy (non-hydrogen) atoms. The third-order valence-corrected chi connectivity index (χ3v) is 4.56. The minimum absolute atomic E-state index is 0.0775. The molecule has 6 heteroatoms. The van der Waals surface area contributed by atoms with Crippen LogP contribution in [0.25, 0.3) is 0 Å². The first-order valence-electron chi connectivity index (χ1n) is 5.53. The van der Waals surface area contributed by atoms with Gasteiger partial charge in [0.05, 0.1) is 18.1 Å². The molecule has 0 bridgehead atoms. The van der Waals surface area contributed by atoms with Crippen LogP contribution in [0.5, 0.6) is 0 Å². The summed E-state index contributed by atoms with van der Waals surface area (Å²) in [5.41, 5.74) is 2.51. The van der Waals surface area contributed by atoms with Crippen LogP contribution in [-0.4, -0.2) is 43.1 Å². The van der Waals surface area contributed by atoms with Gasteiger partial charge in [-0.15, -0.1) is 0 Å². The highest BCUT2D eigenvalue weighted by Crippen LogP contribution is 2.22. The van der Waals surface area contributed by atoms with Crippen LogP contribution < -0.4 is 4.90 Å². The van der Waals surface area contributed by atoms with Gasteiger partial charge in [0.1, 0.15) is 0 Å². The molecule has 2 heterocycles. The van der Waals surface area contributed by atoms with E-state index in [-0.39, 0.29) is 18.1 Å². The third-order valence-electron chi connectivity index (χ3n) is 2.95. The summed E-state index contributed by atoms with van der Waals surface area (Å²) in [5, 5.41) is 9.26. The van der Waals surface area contributed by atoms with Crippen molar-refractivity contribution in [2.24, 2.45) is 0 Å². The molecule has 0 saturated carbocycles. The Morgan fingerprint density at radius 1 is 1.41 bits per heavy atom. The first-order valence-corrected chi connectivity index (χ1v) is 7.36. The van der Waals surface area contributed by atoms with Crippen LogP contribution >= 0.6 is 0 Å². The minimum Gasteiger partial charge on any atom is -0.392 e. The lowest BCUT2D eigenvalue weighted by Gasteiger charge is -2.30. The minimum atomic E-state index is -2.87. The number of nitrogens with zero attached hydrogens (tertiary/aromatic N) is 2. The quantitative estimate of drug-likeness (QED) is 0.813. The Bertz CT molecular complexity index is 499. The van der Waals surface area contributed by atoms with E-state index in [2.05, 4.69) is 4.98 Å². The molecule has 1 aromatic rings. The number of aryl methyl sites for hydroxylation is 1. The Balaban J connectivity index is 2.26. The number of sulfone groups is 1. The van der Waals surface area contributed by atoms with Crippen molar-refractivity contribution < 1.29 is 13.5 Å². The van der Waals surface area contributed by atoms with Crippen molar-refractivity contribution in [2.75, 3.05) is 29.5 Å². The van der Waals surface area contributed by atoms with Gasteiger partial charge in [-0.05, 0) is 13.0 Å². The van der Waals surface area contributed by atoms with Crippen molar-refractivity contribution in [1.29, 1.82) is 0 Å². The summed E-state index contributed by atoms with van der Waals surface area (Å²) in [6, 6.07) is 1.89. The van der Waals surface area contributed by atoms with Gasteiger partial charge in [0.25, 0.3) is 0 Å². The SMILES string of the molecule is Cc1cc(N2CCS(=O)(=O)CC2)c(CO)cn1. The van der Waals surface area contributed by atoms with E-state index in [1.54, 1.807) is 6.20 Å². The van der Waals surface area contributed by atoms with E-state index in [9.17, 15) is 13.5 Å².